The summed E-state index contributed by atoms with van der Waals surface area (Å²) < 4.78 is 5.72. The first-order valence-corrected chi connectivity index (χ1v) is 8.08. The van der Waals surface area contributed by atoms with Gasteiger partial charge in [-0.3, -0.25) is 9.90 Å². The second-order valence-corrected chi connectivity index (χ2v) is 6.62. The van der Waals surface area contributed by atoms with Crippen LogP contribution < -0.4 is 0 Å². The Bertz CT molecular complexity index is 305. The van der Waals surface area contributed by atoms with Crippen molar-refractivity contribution in [3.63, 3.8) is 0 Å². The molecule has 0 spiro atoms. The van der Waals surface area contributed by atoms with Crippen molar-refractivity contribution in [2.75, 3.05) is 14.2 Å². The van der Waals surface area contributed by atoms with E-state index in [1.54, 1.807) is 12.2 Å². The van der Waals surface area contributed by atoms with Gasteiger partial charge in [-0.05, 0) is 40.0 Å². The van der Waals surface area contributed by atoms with Crippen LogP contribution in [-0.2, 0) is 9.57 Å². The molecule has 0 unspecified atom stereocenters. The number of hydrogen-bond donors (Lipinski definition) is 0. The Morgan fingerprint density at radius 2 is 1.38 bits per heavy atom. The number of hydrogen-bond acceptors (Lipinski definition) is 3. The summed E-state index contributed by atoms with van der Waals surface area (Å²) in [4.78, 5) is 5.09. The lowest BCUT2D eigenvalue weighted by Gasteiger charge is -2.22. The molecule has 0 amide bonds. The molecule has 0 aliphatic heterocycles. The molecule has 0 saturated heterocycles. The fourth-order valence-corrected chi connectivity index (χ4v) is 2.13. The smallest absolute Gasteiger partial charge is 0.100 e. The van der Waals surface area contributed by atoms with E-state index in [1.807, 2.05) is 7.05 Å². The highest BCUT2D eigenvalue weighted by molar-refractivity contribution is 4.88. The average molecular weight is 297 g/mol. The van der Waals surface area contributed by atoms with Crippen molar-refractivity contribution in [2.45, 2.75) is 77.7 Å². The Hall–Kier alpha value is -0.960. The Morgan fingerprint density at radius 1 is 0.905 bits per heavy atom. The maximum absolute atomic E-state index is 5.72. The van der Waals surface area contributed by atoms with Gasteiger partial charge in [0, 0.05) is 19.2 Å². The summed E-state index contributed by atoms with van der Waals surface area (Å²) in [6.45, 7) is 14.2. The number of ether oxygens (including phenoxy) is 1. The zero-order valence-electron chi connectivity index (χ0n) is 14.8. The van der Waals surface area contributed by atoms with Gasteiger partial charge in [-0.1, -0.05) is 38.8 Å². The zero-order valence-corrected chi connectivity index (χ0v) is 14.8. The van der Waals surface area contributed by atoms with Crippen molar-refractivity contribution in [3.8, 4) is 0 Å². The van der Waals surface area contributed by atoms with E-state index in [1.165, 1.54) is 38.5 Å². The molecular weight excluding hydrogens is 262 g/mol. The van der Waals surface area contributed by atoms with E-state index in [2.05, 4.69) is 33.9 Å². The van der Waals surface area contributed by atoms with Gasteiger partial charge in [-0.15, -0.1) is 0 Å². The van der Waals surface area contributed by atoms with Crippen molar-refractivity contribution < 1.29 is 9.57 Å². The molecule has 0 aliphatic rings. The molecule has 3 heteroatoms. The standard InChI is InChI=1S/C18H35NO2/c1-16(19(6)20-7)14-12-10-8-9-11-13-15-17(2)21-18(3,4)5/h1-2,8-15H2,3-7H3. The molecule has 21 heavy (non-hydrogen) atoms. The fourth-order valence-electron chi connectivity index (χ4n) is 2.13. The summed E-state index contributed by atoms with van der Waals surface area (Å²) >= 11 is 0. The summed E-state index contributed by atoms with van der Waals surface area (Å²) in [5.41, 5.74) is 0.933. The highest BCUT2D eigenvalue weighted by atomic mass is 16.7. The molecule has 0 radical (unpaired) electrons. The number of allylic oxidation sites excluding steroid dienone is 2. The molecule has 0 aromatic carbocycles. The highest BCUT2D eigenvalue weighted by Crippen LogP contribution is 2.18. The molecule has 3 nitrogen and oxygen atoms in total. The van der Waals surface area contributed by atoms with E-state index >= 15 is 0 Å². The molecule has 0 aromatic heterocycles. The van der Waals surface area contributed by atoms with Crippen LogP contribution in [0.4, 0.5) is 0 Å². The van der Waals surface area contributed by atoms with Crippen molar-refractivity contribution >= 4 is 0 Å². The molecule has 124 valence electrons. The van der Waals surface area contributed by atoms with Gasteiger partial charge in [-0.25, -0.2) is 0 Å². The third-order valence-electron chi connectivity index (χ3n) is 3.34. The summed E-state index contributed by atoms with van der Waals surface area (Å²) in [7, 11) is 3.57. The van der Waals surface area contributed by atoms with E-state index in [4.69, 9.17) is 9.57 Å². The first kappa shape index (κ1) is 20.0. The zero-order chi connectivity index (χ0) is 16.3. The molecular formula is C18H35NO2. The lowest BCUT2D eigenvalue weighted by Crippen LogP contribution is -2.18. The highest BCUT2D eigenvalue weighted by Gasteiger charge is 2.11. The first-order chi connectivity index (χ1) is 9.76. The van der Waals surface area contributed by atoms with E-state index < -0.39 is 0 Å². The number of unbranched alkanes of at least 4 members (excludes halogenated alkanes) is 5. The van der Waals surface area contributed by atoms with Gasteiger partial charge in [0.25, 0.3) is 0 Å². The summed E-state index contributed by atoms with van der Waals surface area (Å²) in [6.07, 6.45) is 9.45. The van der Waals surface area contributed by atoms with Gasteiger partial charge in [0.15, 0.2) is 0 Å². The van der Waals surface area contributed by atoms with Gasteiger partial charge in [0.2, 0.25) is 0 Å². The molecule has 0 heterocycles. The largest absolute Gasteiger partial charge is 0.493 e. The SMILES string of the molecule is C=C(CCCCCCCCC(=C)N(C)OC)OC(C)(C)C. The fraction of sp³-hybridized carbons (Fsp3) is 0.778. The lowest BCUT2D eigenvalue weighted by atomic mass is 10.1. The second-order valence-electron chi connectivity index (χ2n) is 6.62. The van der Waals surface area contributed by atoms with Crippen LogP contribution in [0.3, 0.4) is 0 Å². The Balaban J connectivity index is 3.41. The van der Waals surface area contributed by atoms with E-state index in [9.17, 15) is 0 Å². The molecule has 0 atom stereocenters. The van der Waals surface area contributed by atoms with Gasteiger partial charge in [-0.2, -0.15) is 0 Å². The van der Waals surface area contributed by atoms with Crippen LogP contribution >= 0.6 is 0 Å². The maximum atomic E-state index is 5.72. The predicted molar refractivity (Wildman–Crippen MR) is 90.8 cm³/mol. The summed E-state index contributed by atoms with van der Waals surface area (Å²) in [6, 6.07) is 0. The van der Waals surface area contributed by atoms with Crippen LogP contribution in [0.15, 0.2) is 24.6 Å². The third kappa shape index (κ3) is 12.5. The first-order valence-electron chi connectivity index (χ1n) is 8.08. The van der Waals surface area contributed by atoms with Gasteiger partial charge in [0.1, 0.15) is 5.60 Å². The van der Waals surface area contributed by atoms with Gasteiger partial charge < -0.3 is 4.74 Å². The van der Waals surface area contributed by atoms with Crippen LogP contribution in [0.2, 0.25) is 0 Å². The monoisotopic (exact) mass is 297 g/mol. The van der Waals surface area contributed by atoms with E-state index in [0.717, 1.165) is 24.3 Å². The van der Waals surface area contributed by atoms with Crippen molar-refractivity contribution in [2.24, 2.45) is 0 Å². The molecule has 0 rings (SSSR count). The molecule has 0 bridgehead atoms. The Morgan fingerprint density at radius 3 is 1.86 bits per heavy atom. The van der Waals surface area contributed by atoms with Crippen molar-refractivity contribution in [3.05, 3.63) is 24.6 Å². The van der Waals surface area contributed by atoms with E-state index in [0.29, 0.717) is 0 Å². The predicted octanol–water partition coefficient (Wildman–Crippen LogP) is 5.44. The van der Waals surface area contributed by atoms with Crippen LogP contribution in [-0.4, -0.2) is 24.8 Å². The molecule has 0 aromatic rings. The van der Waals surface area contributed by atoms with Gasteiger partial charge >= 0.3 is 0 Å². The molecule has 0 aliphatic carbocycles. The lowest BCUT2D eigenvalue weighted by molar-refractivity contribution is -0.0796. The van der Waals surface area contributed by atoms with Crippen molar-refractivity contribution in [1.82, 2.24) is 5.06 Å². The Kier molecular flexibility index (Phi) is 10.2. The average Bonchev–Trinajstić information content (AvgIpc) is 2.38. The maximum Gasteiger partial charge on any atom is 0.100 e. The summed E-state index contributed by atoms with van der Waals surface area (Å²) in [5, 5.41) is 1.74. The quantitative estimate of drug-likeness (QED) is 0.272. The molecule has 0 saturated carbocycles. The Labute approximate surface area is 132 Å². The normalized spacial score (nSPS) is 11.3. The molecule has 0 N–H and O–H groups in total. The molecule has 0 fully saturated rings. The second kappa shape index (κ2) is 10.7. The number of rotatable bonds is 12. The minimum atomic E-state index is -0.116. The minimum absolute atomic E-state index is 0.116. The van der Waals surface area contributed by atoms with Gasteiger partial charge in [0.05, 0.1) is 12.9 Å². The number of nitrogens with zero attached hydrogens (tertiary/aromatic N) is 1. The van der Waals surface area contributed by atoms with Crippen LogP contribution in [0.5, 0.6) is 0 Å². The third-order valence-corrected chi connectivity index (χ3v) is 3.34. The minimum Gasteiger partial charge on any atom is -0.493 e. The van der Waals surface area contributed by atoms with Crippen LogP contribution in [0.25, 0.3) is 0 Å². The number of hydroxylamine groups is 2. The topological polar surface area (TPSA) is 21.7 Å². The van der Waals surface area contributed by atoms with Crippen LogP contribution in [0, 0.1) is 0 Å². The van der Waals surface area contributed by atoms with Crippen molar-refractivity contribution in [1.29, 1.82) is 0 Å². The van der Waals surface area contributed by atoms with Crippen LogP contribution in [0.1, 0.15) is 72.1 Å². The van der Waals surface area contributed by atoms with E-state index in [-0.39, 0.29) is 5.60 Å². The summed E-state index contributed by atoms with van der Waals surface area (Å²) in [5.74, 6) is 0.918.